The maximum atomic E-state index is 12.1. The topological polar surface area (TPSA) is 83.8 Å². The average molecular weight is 222 g/mol. The molecule has 1 unspecified atom stereocenters. The van der Waals surface area contributed by atoms with E-state index in [0.717, 1.165) is 19.3 Å². The van der Waals surface area contributed by atoms with Crippen molar-refractivity contribution in [2.24, 2.45) is 11.3 Å². The number of nitrogens with zero attached hydrogens (tertiary/aromatic N) is 1. The van der Waals surface area contributed by atoms with Crippen LogP contribution in [0.15, 0.2) is 6.20 Å². The van der Waals surface area contributed by atoms with Gasteiger partial charge in [0.25, 0.3) is 0 Å². The Balaban J connectivity index is 2.07. The highest BCUT2D eigenvalue weighted by molar-refractivity contribution is 5.94. The van der Waals surface area contributed by atoms with Crippen LogP contribution < -0.4 is 11.1 Å². The zero-order valence-electron chi connectivity index (χ0n) is 9.71. The molecule has 0 spiro atoms. The summed E-state index contributed by atoms with van der Waals surface area (Å²) in [4.78, 5) is 12.1. The summed E-state index contributed by atoms with van der Waals surface area (Å²) in [5, 5.41) is 9.26. The predicted molar refractivity (Wildman–Crippen MR) is 62.8 cm³/mol. The largest absolute Gasteiger partial charge is 0.394 e. The molecule has 5 heteroatoms. The van der Waals surface area contributed by atoms with E-state index in [0.29, 0.717) is 11.5 Å². The molecule has 0 radical (unpaired) electrons. The van der Waals surface area contributed by atoms with Crippen molar-refractivity contribution in [3.05, 3.63) is 6.20 Å². The minimum Gasteiger partial charge on any atom is -0.394 e. The Labute approximate surface area is 94.8 Å². The number of anilines is 2. The van der Waals surface area contributed by atoms with Gasteiger partial charge in [-0.3, -0.25) is 9.89 Å². The van der Waals surface area contributed by atoms with E-state index in [1.165, 1.54) is 6.20 Å². The van der Waals surface area contributed by atoms with E-state index >= 15 is 0 Å². The van der Waals surface area contributed by atoms with E-state index in [-0.39, 0.29) is 17.2 Å². The molecule has 1 aliphatic carbocycles. The minimum atomic E-state index is 0.0402. The quantitative estimate of drug-likeness (QED) is 0.712. The van der Waals surface area contributed by atoms with E-state index in [1.807, 2.05) is 0 Å². The fourth-order valence-corrected chi connectivity index (χ4v) is 2.42. The second-order valence-corrected chi connectivity index (χ2v) is 5.12. The van der Waals surface area contributed by atoms with Gasteiger partial charge in [-0.1, -0.05) is 20.3 Å². The minimum absolute atomic E-state index is 0.0402. The maximum Gasteiger partial charge on any atom is 0.229 e. The van der Waals surface area contributed by atoms with Crippen LogP contribution in [0.2, 0.25) is 0 Å². The van der Waals surface area contributed by atoms with Gasteiger partial charge in [0.15, 0.2) is 5.82 Å². The third kappa shape index (κ3) is 1.89. The van der Waals surface area contributed by atoms with Gasteiger partial charge >= 0.3 is 0 Å². The summed E-state index contributed by atoms with van der Waals surface area (Å²) in [6.45, 7) is 4.28. The molecule has 1 aromatic heterocycles. The summed E-state index contributed by atoms with van der Waals surface area (Å²) < 4.78 is 0. The van der Waals surface area contributed by atoms with Crippen LogP contribution in [0, 0.1) is 11.3 Å². The van der Waals surface area contributed by atoms with E-state index in [4.69, 9.17) is 5.73 Å². The number of carbonyl (C=O) groups excluding carboxylic acids is 1. The molecule has 0 aromatic carbocycles. The number of nitrogens with one attached hydrogen (secondary N) is 2. The van der Waals surface area contributed by atoms with Crippen molar-refractivity contribution in [2.45, 2.75) is 33.1 Å². The van der Waals surface area contributed by atoms with Crippen molar-refractivity contribution in [3.8, 4) is 0 Å². The van der Waals surface area contributed by atoms with Crippen LogP contribution in [0.3, 0.4) is 0 Å². The first kappa shape index (κ1) is 11.0. The van der Waals surface area contributed by atoms with Crippen LogP contribution in [0.1, 0.15) is 33.1 Å². The molecular weight excluding hydrogens is 204 g/mol. The van der Waals surface area contributed by atoms with Crippen molar-refractivity contribution in [2.75, 3.05) is 11.1 Å². The number of nitrogens with two attached hydrogens (primary N) is 1. The summed E-state index contributed by atoms with van der Waals surface area (Å²) >= 11 is 0. The summed E-state index contributed by atoms with van der Waals surface area (Å²) in [7, 11) is 0. The molecule has 1 atom stereocenters. The zero-order valence-corrected chi connectivity index (χ0v) is 9.71. The third-order valence-corrected chi connectivity index (χ3v) is 3.49. The van der Waals surface area contributed by atoms with E-state index in [2.05, 4.69) is 29.4 Å². The standard InChI is InChI=1S/C11H18N4O/c1-11(2)5-3-4-7(11)10(16)14-9-8(12)6-13-15-9/h6-7H,3-5,12H2,1-2H3,(H2,13,14,15,16). The number of carbonyl (C=O) groups is 1. The van der Waals surface area contributed by atoms with Gasteiger partial charge in [-0.2, -0.15) is 5.10 Å². The molecule has 1 amide bonds. The van der Waals surface area contributed by atoms with Crippen LogP contribution in [0.5, 0.6) is 0 Å². The first-order valence-electron chi connectivity index (χ1n) is 5.60. The van der Waals surface area contributed by atoms with Crippen LogP contribution in [0.4, 0.5) is 11.5 Å². The van der Waals surface area contributed by atoms with Gasteiger partial charge in [0.2, 0.25) is 5.91 Å². The molecule has 0 aliphatic heterocycles. The zero-order chi connectivity index (χ0) is 11.8. The number of aromatic nitrogens is 2. The van der Waals surface area contributed by atoms with Gasteiger partial charge in [-0.25, -0.2) is 0 Å². The molecule has 88 valence electrons. The second kappa shape index (κ2) is 3.81. The molecule has 5 nitrogen and oxygen atoms in total. The van der Waals surface area contributed by atoms with Crippen molar-refractivity contribution in [3.63, 3.8) is 0 Å². The Hall–Kier alpha value is -1.52. The van der Waals surface area contributed by atoms with Crippen molar-refractivity contribution >= 4 is 17.4 Å². The first-order chi connectivity index (χ1) is 7.50. The lowest BCUT2D eigenvalue weighted by atomic mass is 9.81. The molecule has 1 heterocycles. The fraction of sp³-hybridized carbons (Fsp3) is 0.636. The highest BCUT2D eigenvalue weighted by Crippen LogP contribution is 2.43. The predicted octanol–water partition coefficient (Wildman–Crippen LogP) is 1.76. The molecule has 1 aliphatic rings. The van der Waals surface area contributed by atoms with Crippen molar-refractivity contribution in [1.29, 1.82) is 0 Å². The van der Waals surface area contributed by atoms with Gasteiger partial charge < -0.3 is 11.1 Å². The lowest BCUT2D eigenvalue weighted by molar-refractivity contribution is -0.122. The van der Waals surface area contributed by atoms with Crippen molar-refractivity contribution < 1.29 is 4.79 Å². The maximum absolute atomic E-state index is 12.1. The van der Waals surface area contributed by atoms with Gasteiger partial charge in [0.05, 0.1) is 11.9 Å². The molecule has 1 fully saturated rings. The SMILES string of the molecule is CC1(C)CCCC1C(=O)Nc1[nH]ncc1N. The number of amides is 1. The molecule has 1 saturated carbocycles. The molecule has 2 rings (SSSR count). The summed E-state index contributed by atoms with van der Waals surface area (Å²) in [6, 6.07) is 0. The molecule has 16 heavy (non-hydrogen) atoms. The molecule has 4 N–H and O–H groups in total. The van der Waals surface area contributed by atoms with Gasteiger partial charge in [-0.05, 0) is 18.3 Å². The van der Waals surface area contributed by atoms with Crippen LogP contribution in [0.25, 0.3) is 0 Å². The van der Waals surface area contributed by atoms with Crippen LogP contribution in [-0.4, -0.2) is 16.1 Å². The number of hydrogen-bond donors (Lipinski definition) is 3. The normalized spacial score (nSPS) is 23.2. The van der Waals surface area contributed by atoms with Gasteiger partial charge in [0, 0.05) is 5.92 Å². The highest BCUT2D eigenvalue weighted by Gasteiger charge is 2.39. The van der Waals surface area contributed by atoms with Gasteiger partial charge in [-0.15, -0.1) is 0 Å². The lowest BCUT2D eigenvalue weighted by Gasteiger charge is -2.25. The van der Waals surface area contributed by atoms with Crippen LogP contribution in [-0.2, 0) is 4.79 Å². The highest BCUT2D eigenvalue weighted by atomic mass is 16.2. The van der Waals surface area contributed by atoms with Crippen LogP contribution >= 0.6 is 0 Å². The Bertz CT molecular complexity index is 396. The summed E-state index contributed by atoms with van der Waals surface area (Å²) in [5.41, 5.74) is 6.20. The number of nitrogen functional groups attached to an aromatic ring is 1. The Morgan fingerprint density at radius 2 is 2.44 bits per heavy atom. The summed E-state index contributed by atoms with van der Waals surface area (Å²) in [6.07, 6.45) is 4.66. The van der Waals surface area contributed by atoms with Gasteiger partial charge in [0.1, 0.15) is 0 Å². The molecule has 1 aromatic rings. The number of aromatic amines is 1. The van der Waals surface area contributed by atoms with E-state index in [1.54, 1.807) is 0 Å². The Morgan fingerprint density at radius 3 is 2.94 bits per heavy atom. The lowest BCUT2D eigenvalue weighted by Crippen LogP contribution is -2.31. The Morgan fingerprint density at radius 1 is 1.69 bits per heavy atom. The number of H-pyrrole nitrogens is 1. The average Bonchev–Trinajstić information content (AvgIpc) is 2.73. The smallest absolute Gasteiger partial charge is 0.229 e. The van der Waals surface area contributed by atoms with Crippen molar-refractivity contribution in [1.82, 2.24) is 10.2 Å². The molecule has 0 saturated heterocycles. The summed E-state index contributed by atoms with van der Waals surface area (Å²) in [5.74, 6) is 0.612. The third-order valence-electron chi connectivity index (χ3n) is 3.49. The number of hydrogen-bond acceptors (Lipinski definition) is 3. The molecule has 0 bridgehead atoms. The fourth-order valence-electron chi connectivity index (χ4n) is 2.42. The molecular formula is C11H18N4O. The van der Waals surface area contributed by atoms with E-state index < -0.39 is 0 Å². The Kier molecular flexibility index (Phi) is 2.61. The van der Waals surface area contributed by atoms with E-state index in [9.17, 15) is 4.79 Å². The first-order valence-corrected chi connectivity index (χ1v) is 5.60. The second-order valence-electron chi connectivity index (χ2n) is 5.12. The number of rotatable bonds is 2. The monoisotopic (exact) mass is 222 g/mol.